The van der Waals surface area contributed by atoms with Crippen molar-refractivity contribution in [1.29, 1.82) is 0 Å². The molecular formula is C22H21NO3. The Kier molecular flexibility index (Phi) is 4.11. The van der Waals surface area contributed by atoms with Gasteiger partial charge in [0.1, 0.15) is 6.61 Å². The number of amides is 1. The number of esters is 1. The highest BCUT2D eigenvalue weighted by Crippen LogP contribution is 2.42. The van der Waals surface area contributed by atoms with Crippen LogP contribution in [-0.4, -0.2) is 18.5 Å². The predicted molar refractivity (Wildman–Crippen MR) is 99.8 cm³/mol. The first-order valence-corrected chi connectivity index (χ1v) is 8.97. The van der Waals surface area contributed by atoms with Crippen LogP contribution >= 0.6 is 0 Å². The van der Waals surface area contributed by atoms with Gasteiger partial charge >= 0.3 is 5.97 Å². The van der Waals surface area contributed by atoms with Gasteiger partial charge in [0.25, 0.3) is 0 Å². The smallest absolute Gasteiger partial charge is 0.336 e. The highest BCUT2D eigenvalue weighted by molar-refractivity contribution is 6.06. The molecule has 132 valence electrons. The van der Waals surface area contributed by atoms with Gasteiger partial charge in [-0.1, -0.05) is 43.3 Å². The van der Waals surface area contributed by atoms with E-state index in [0.717, 1.165) is 23.2 Å². The molecule has 0 N–H and O–H groups in total. The van der Waals surface area contributed by atoms with Crippen molar-refractivity contribution in [3.8, 4) is 0 Å². The van der Waals surface area contributed by atoms with Gasteiger partial charge in [0.2, 0.25) is 5.91 Å². The Morgan fingerprint density at radius 2 is 1.81 bits per heavy atom. The van der Waals surface area contributed by atoms with Gasteiger partial charge in [-0.2, -0.15) is 0 Å². The van der Waals surface area contributed by atoms with Crippen LogP contribution in [0.3, 0.4) is 0 Å². The monoisotopic (exact) mass is 347 g/mol. The standard InChI is InChI=1S/C22H21NO3/c1-3-15-8-10-16(11-9-15)23-19-13-26-22(25)21(19)18(12-20(23)24)17-7-5-4-6-14(17)2/h4-11,18H,3,12-13H2,1-2H3. The largest absolute Gasteiger partial charge is 0.456 e. The van der Waals surface area contributed by atoms with Crippen LogP contribution in [0.25, 0.3) is 0 Å². The van der Waals surface area contributed by atoms with E-state index < -0.39 is 0 Å². The summed E-state index contributed by atoms with van der Waals surface area (Å²) in [6, 6.07) is 15.8. The first-order chi connectivity index (χ1) is 12.6. The zero-order chi connectivity index (χ0) is 18.3. The Morgan fingerprint density at radius 3 is 2.50 bits per heavy atom. The third kappa shape index (κ3) is 2.62. The maximum Gasteiger partial charge on any atom is 0.336 e. The molecule has 0 bridgehead atoms. The Balaban J connectivity index is 1.81. The number of carbonyl (C=O) groups excluding carboxylic acids is 2. The number of cyclic esters (lactones) is 1. The van der Waals surface area contributed by atoms with Crippen molar-refractivity contribution in [3.05, 3.63) is 76.5 Å². The van der Waals surface area contributed by atoms with Gasteiger partial charge in [0, 0.05) is 18.0 Å². The van der Waals surface area contributed by atoms with Crippen LogP contribution in [0.5, 0.6) is 0 Å². The zero-order valence-corrected chi connectivity index (χ0v) is 15.0. The number of aryl methyl sites for hydroxylation is 2. The van der Waals surface area contributed by atoms with Gasteiger partial charge in [-0.25, -0.2) is 4.79 Å². The molecule has 26 heavy (non-hydrogen) atoms. The van der Waals surface area contributed by atoms with Crippen LogP contribution in [0.4, 0.5) is 5.69 Å². The SMILES string of the molecule is CCc1ccc(N2C(=O)CC(c3ccccc3C)C3=C2COC3=O)cc1. The molecule has 0 aliphatic carbocycles. The number of carbonyl (C=O) groups is 2. The first kappa shape index (κ1) is 16.6. The summed E-state index contributed by atoms with van der Waals surface area (Å²) >= 11 is 0. The molecule has 2 aromatic rings. The third-order valence-electron chi connectivity index (χ3n) is 5.28. The molecule has 4 rings (SSSR count). The number of nitrogens with zero attached hydrogens (tertiary/aromatic N) is 1. The van der Waals surface area contributed by atoms with Gasteiger partial charge in [-0.15, -0.1) is 0 Å². The summed E-state index contributed by atoms with van der Waals surface area (Å²) in [6.45, 7) is 4.26. The van der Waals surface area contributed by atoms with Crippen molar-refractivity contribution >= 4 is 17.6 Å². The summed E-state index contributed by atoms with van der Waals surface area (Å²) in [5, 5.41) is 0. The fraction of sp³-hybridized carbons (Fsp3) is 0.273. The van der Waals surface area contributed by atoms with Gasteiger partial charge < -0.3 is 4.74 Å². The molecule has 2 aliphatic heterocycles. The molecule has 2 heterocycles. The topological polar surface area (TPSA) is 46.6 Å². The fourth-order valence-electron chi connectivity index (χ4n) is 3.88. The number of rotatable bonds is 3. The normalized spacial score (nSPS) is 19.6. The van der Waals surface area contributed by atoms with E-state index in [1.54, 1.807) is 4.90 Å². The lowest BCUT2D eigenvalue weighted by Gasteiger charge is -2.32. The van der Waals surface area contributed by atoms with E-state index in [2.05, 4.69) is 6.92 Å². The van der Waals surface area contributed by atoms with Crippen LogP contribution in [0.2, 0.25) is 0 Å². The second-order valence-corrected chi connectivity index (χ2v) is 6.80. The van der Waals surface area contributed by atoms with E-state index in [9.17, 15) is 9.59 Å². The molecule has 2 aromatic carbocycles. The maximum absolute atomic E-state index is 13.0. The van der Waals surface area contributed by atoms with E-state index in [-0.39, 0.29) is 30.8 Å². The minimum atomic E-state index is -0.309. The van der Waals surface area contributed by atoms with Crippen LogP contribution < -0.4 is 4.90 Å². The number of ether oxygens (including phenoxy) is 1. The Hall–Kier alpha value is -2.88. The summed E-state index contributed by atoms with van der Waals surface area (Å²) in [6.07, 6.45) is 1.22. The quantitative estimate of drug-likeness (QED) is 0.792. The molecule has 4 nitrogen and oxygen atoms in total. The van der Waals surface area contributed by atoms with Gasteiger partial charge in [-0.05, 0) is 42.2 Å². The second kappa shape index (κ2) is 6.45. The average molecular weight is 347 g/mol. The molecule has 1 unspecified atom stereocenters. The highest BCUT2D eigenvalue weighted by Gasteiger charge is 2.43. The molecule has 0 saturated heterocycles. The summed E-state index contributed by atoms with van der Waals surface area (Å²) in [4.78, 5) is 27.1. The second-order valence-electron chi connectivity index (χ2n) is 6.80. The van der Waals surface area contributed by atoms with Crippen LogP contribution in [0, 0.1) is 6.92 Å². The average Bonchev–Trinajstić information content (AvgIpc) is 3.03. The summed E-state index contributed by atoms with van der Waals surface area (Å²) in [7, 11) is 0. The van der Waals surface area contributed by atoms with Gasteiger partial charge in [-0.3, -0.25) is 9.69 Å². The molecule has 4 heteroatoms. The molecule has 0 saturated carbocycles. The number of benzene rings is 2. The lowest BCUT2D eigenvalue weighted by molar-refractivity contribution is -0.136. The zero-order valence-electron chi connectivity index (χ0n) is 15.0. The predicted octanol–water partition coefficient (Wildman–Crippen LogP) is 3.89. The minimum Gasteiger partial charge on any atom is -0.456 e. The molecular weight excluding hydrogens is 326 g/mol. The van der Waals surface area contributed by atoms with Crippen molar-refractivity contribution in [2.24, 2.45) is 0 Å². The van der Waals surface area contributed by atoms with Crippen molar-refractivity contribution in [2.45, 2.75) is 32.6 Å². The lowest BCUT2D eigenvalue weighted by Crippen LogP contribution is -2.37. The van der Waals surface area contributed by atoms with Gasteiger partial charge in [0.05, 0.1) is 11.3 Å². The van der Waals surface area contributed by atoms with Crippen LogP contribution in [-0.2, 0) is 20.7 Å². The number of hydrogen-bond donors (Lipinski definition) is 0. The molecule has 0 spiro atoms. The van der Waals surface area contributed by atoms with Crippen molar-refractivity contribution in [3.63, 3.8) is 0 Å². The molecule has 1 amide bonds. The van der Waals surface area contributed by atoms with Crippen LogP contribution in [0.15, 0.2) is 59.8 Å². The maximum atomic E-state index is 13.0. The van der Waals surface area contributed by atoms with E-state index in [1.807, 2.05) is 55.5 Å². The fourth-order valence-corrected chi connectivity index (χ4v) is 3.88. The van der Waals surface area contributed by atoms with E-state index in [1.165, 1.54) is 5.56 Å². The minimum absolute atomic E-state index is 0.000415. The summed E-state index contributed by atoms with van der Waals surface area (Å²) < 4.78 is 5.33. The van der Waals surface area contributed by atoms with E-state index in [0.29, 0.717) is 11.3 Å². The van der Waals surface area contributed by atoms with Crippen molar-refractivity contribution < 1.29 is 14.3 Å². The Labute approximate surface area is 153 Å². The first-order valence-electron chi connectivity index (χ1n) is 8.97. The lowest BCUT2D eigenvalue weighted by atomic mass is 9.82. The molecule has 0 radical (unpaired) electrons. The van der Waals surface area contributed by atoms with Crippen molar-refractivity contribution in [1.82, 2.24) is 0 Å². The van der Waals surface area contributed by atoms with Crippen LogP contribution in [0.1, 0.15) is 36.0 Å². The Bertz CT molecular complexity index is 911. The highest BCUT2D eigenvalue weighted by atomic mass is 16.5. The summed E-state index contributed by atoms with van der Waals surface area (Å²) in [5.41, 5.74) is 5.41. The summed E-state index contributed by atoms with van der Waals surface area (Å²) in [5.74, 6) is -0.546. The Morgan fingerprint density at radius 1 is 1.08 bits per heavy atom. The van der Waals surface area contributed by atoms with Gasteiger partial charge in [0.15, 0.2) is 0 Å². The van der Waals surface area contributed by atoms with Crippen molar-refractivity contribution in [2.75, 3.05) is 11.5 Å². The van der Waals surface area contributed by atoms with E-state index >= 15 is 0 Å². The molecule has 2 aliphatic rings. The number of anilines is 1. The van der Waals surface area contributed by atoms with E-state index in [4.69, 9.17) is 4.74 Å². The molecule has 1 atom stereocenters. The number of hydrogen-bond acceptors (Lipinski definition) is 3. The third-order valence-corrected chi connectivity index (χ3v) is 5.28. The molecule has 0 fully saturated rings. The molecule has 0 aromatic heterocycles.